The Balaban J connectivity index is 2.74. The van der Waals surface area contributed by atoms with E-state index in [-0.39, 0.29) is 6.04 Å². The Bertz CT molecular complexity index is 375. The average Bonchev–Trinajstić information content (AvgIpc) is 2.44. The first-order valence-electron chi connectivity index (χ1n) is 7.38. The lowest BCUT2D eigenvalue weighted by Gasteiger charge is -2.18. The number of hydrogen-bond acceptors (Lipinski definition) is 2. The molecule has 0 spiro atoms. The Labute approximate surface area is 120 Å². The van der Waals surface area contributed by atoms with Crippen molar-refractivity contribution in [2.24, 2.45) is 0 Å². The summed E-state index contributed by atoms with van der Waals surface area (Å²) in [6, 6.07) is 9.00. The van der Waals surface area contributed by atoms with Crippen LogP contribution >= 0.6 is 0 Å². The van der Waals surface area contributed by atoms with Gasteiger partial charge in [-0.25, -0.2) is 0 Å². The van der Waals surface area contributed by atoms with Crippen molar-refractivity contribution in [2.45, 2.75) is 46.1 Å². The predicted octanol–water partition coefficient (Wildman–Crippen LogP) is 3.45. The van der Waals surface area contributed by atoms with Crippen molar-refractivity contribution < 1.29 is 4.21 Å². The predicted molar refractivity (Wildman–Crippen MR) is 85.0 cm³/mol. The van der Waals surface area contributed by atoms with Gasteiger partial charge in [0.2, 0.25) is 0 Å². The molecule has 0 fully saturated rings. The summed E-state index contributed by atoms with van der Waals surface area (Å²) in [5, 5.41) is 3.51. The summed E-state index contributed by atoms with van der Waals surface area (Å²) in [7, 11) is -0.732. The SMILES string of the molecule is CCCNC(CS(=O)CC)c1ccc(CCC)cc1. The molecule has 3 heteroatoms. The van der Waals surface area contributed by atoms with E-state index in [1.54, 1.807) is 0 Å². The van der Waals surface area contributed by atoms with Gasteiger partial charge in [0.1, 0.15) is 0 Å². The van der Waals surface area contributed by atoms with Gasteiger partial charge in [0.25, 0.3) is 0 Å². The molecule has 0 aliphatic rings. The molecule has 0 aliphatic heterocycles. The molecule has 1 aromatic carbocycles. The van der Waals surface area contributed by atoms with Crippen LogP contribution in [-0.2, 0) is 17.2 Å². The summed E-state index contributed by atoms with van der Waals surface area (Å²) in [6.07, 6.45) is 3.41. The highest BCUT2D eigenvalue weighted by Gasteiger charge is 2.13. The van der Waals surface area contributed by atoms with Crippen molar-refractivity contribution in [3.63, 3.8) is 0 Å². The van der Waals surface area contributed by atoms with Crippen molar-refractivity contribution in [1.29, 1.82) is 0 Å². The van der Waals surface area contributed by atoms with Crippen LogP contribution in [0, 0.1) is 0 Å². The van der Waals surface area contributed by atoms with Crippen LogP contribution in [0.25, 0.3) is 0 Å². The van der Waals surface area contributed by atoms with Crippen molar-refractivity contribution in [2.75, 3.05) is 18.1 Å². The molecule has 2 unspecified atom stereocenters. The maximum atomic E-state index is 11.8. The van der Waals surface area contributed by atoms with Crippen LogP contribution in [0.3, 0.4) is 0 Å². The molecule has 0 radical (unpaired) electrons. The van der Waals surface area contributed by atoms with Crippen LogP contribution in [0.1, 0.15) is 50.8 Å². The maximum Gasteiger partial charge on any atom is 0.0436 e. The van der Waals surface area contributed by atoms with Crippen LogP contribution in [-0.4, -0.2) is 22.3 Å². The molecule has 0 aromatic heterocycles. The Kier molecular flexibility index (Phi) is 7.99. The second-order valence-corrected chi connectivity index (χ2v) is 6.68. The van der Waals surface area contributed by atoms with Gasteiger partial charge in [-0.2, -0.15) is 0 Å². The highest BCUT2D eigenvalue weighted by molar-refractivity contribution is 7.84. The number of aryl methyl sites for hydroxylation is 1. The van der Waals surface area contributed by atoms with Gasteiger partial charge in [-0.05, 0) is 30.5 Å². The molecular weight excluding hydrogens is 254 g/mol. The molecular formula is C16H27NOS. The Morgan fingerprint density at radius 2 is 1.79 bits per heavy atom. The number of benzene rings is 1. The van der Waals surface area contributed by atoms with Gasteiger partial charge in [-0.15, -0.1) is 0 Å². The Morgan fingerprint density at radius 3 is 2.32 bits per heavy atom. The fraction of sp³-hybridized carbons (Fsp3) is 0.625. The van der Waals surface area contributed by atoms with E-state index in [1.807, 2.05) is 6.92 Å². The van der Waals surface area contributed by atoms with Crippen molar-refractivity contribution >= 4 is 10.8 Å². The van der Waals surface area contributed by atoms with Crippen LogP contribution in [0.4, 0.5) is 0 Å². The Hall–Kier alpha value is -0.670. The summed E-state index contributed by atoms with van der Waals surface area (Å²) < 4.78 is 11.8. The fourth-order valence-electron chi connectivity index (χ4n) is 2.10. The summed E-state index contributed by atoms with van der Waals surface area (Å²) in [5.74, 6) is 1.45. The summed E-state index contributed by atoms with van der Waals surface area (Å²) in [5.41, 5.74) is 2.65. The van der Waals surface area contributed by atoms with Gasteiger partial charge in [0.05, 0.1) is 0 Å². The lowest BCUT2D eigenvalue weighted by molar-refractivity contribution is 0.569. The van der Waals surface area contributed by atoms with Crippen LogP contribution < -0.4 is 5.32 Å². The van der Waals surface area contributed by atoms with Gasteiger partial charge in [0.15, 0.2) is 0 Å². The summed E-state index contributed by atoms with van der Waals surface area (Å²) >= 11 is 0. The molecule has 1 aromatic rings. The van der Waals surface area contributed by atoms with Gasteiger partial charge < -0.3 is 5.32 Å². The lowest BCUT2D eigenvalue weighted by atomic mass is 10.0. The third kappa shape index (κ3) is 5.87. The smallest absolute Gasteiger partial charge is 0.0436 e. The first kappa shape index (κ1) is 16.4. The van der Waals surface area contributed by atoms with E-state index < -0.39 is 10.8 Å². The molecule has 1 N–H and O–H groups in total. The molecule has 2 nitrogen and oxygen atoms in total. The normalized spacial score (nSPS) is 14.3. The molecule has 108 valence electrons. The van der Waals surface area contributed by atoms with E-state index in [0.29, 0.717) is 5.75 Å². The summed E-state index contributed by atoms with van der Waals surface area (Å²) in [6.45, 7) is 7.31. The topological polar surface area (TPSA) is 29.1 Å². The molecule has 1 rings (SSSR count). The maximum absolute atomic E-state index is 11.8. The first-order valence-corrected chi connectivity index (χ1v) is 8.87. The molecule has 0 heterocycles. The van der Waals surface area contributed by atoms with Crippen molar-refractivity contribution in [3.05, 3.63) is 35.4 Å². The monoisotopic (exact) mass is 281 g/mol. The highest BCUT2D eigenvalue weighted by atomic mass is 32.2. The van der Waals surface area contributed by atoms with Crippen LogP contribution in [0.5, 0.6) is 0 Å². The van der Waals surface area contributed by atoms with E-state index in [1.165, 1.54) is 17.5 Å². The Morgan fingerprint density at radius 1 is 1.11 bits per heavy atom. The number of rotatable bonds is 9. The average molecular weight is 281 g/mol. The van der Waals surface area contributed by atoms with Gasteiger partial charge in [-0.3, -0.25) is 4.21 Å². The van der Waals surface area contributed by atoms with E-state index >= 15 is 0 Å². The minimum absolute atomic E-state index is 0.219. The van der Waals surface area contributed by atoms with Crippen LogP contribution in [0.2, 0.25) is 0 Å². The number of hydrogen-bond donors (Lipinski definition) is 1. The largest absolute Gasteiger partial charge is 0.309 e. The zero-order chi connectivity index (χ0) is 14.1. The molecule has 0 bridgehead atoms. The van der Waals surface area contributed by atoms with Gasteiger partial charge in [0, 0.05) is 28.3 Å². The van der Waals surface area contributed by atoms with Crippen molar-refractivity contribution in [1.82, 2.24) is 5.32 Å². The van der Waals surface area contributed by atoms with Crippen molar-refractivity contribution in [3.8, 4) is 0 Å². The van der Waals surface area contributed by atoms with Gasteiger partial charge >= 0.3 is 0 Å². The molecule has 0 amide bonds. The fourth-order valence-corrected chi connectivity index (χ4v) is 3.02. The molecule has 2 atom stereocenters. The third-order valence-electron chi connectivity index (χ3n) is 3.24. The van der Waals surface area contributed by atoms with E-state index in [4.69, 9.17) is 0 Å². The third-order valence-corrected chi connectivity index (χ3v) is 4.59. The van der Waals surface area contributed by atoms with E-state index in [0.717, 1.165) is 25.1 Å². The zero-order valence-corrected chi connectivity index (χ0v) is 13.3. The quantitative estimate of drug-likeness (QED) is 0.751. The minimum Gasteiger partial charge on any atom is -0.309 e. The zero-order valence-electron chi connectivity index (χ0n) is 12.4. The molecule has 19 heavy (non-hydrogen) atoms. The lowest BCUT2D eigenvalue weighted by Crippen LogP contribution is -2.27. The first-order chi connectivity index (χ1) is 9.21. The standard InChI is InChI=1S/C16H27NOS/c1-4-7-14-8-10-15(11-9-14)16(17-12-5-2)13-19(18)6-3/h8-11,16-17H,4-7,12-13H2,1-3H3. The molecule has 0 saturated carbocycles. The van der Waals surface area contributed by atoms with Gasteiger partial charge in [-0.1, -0.05) is 51.5 Å². The second kappa shape index (κ2) is 9.27. The highest BCUT2D eigenvalue weighted by Crippen LogP contribution is 2.16. The van der Waals surface area contributed by atoms with E-state index in [2.05, 4.69) is 43.4 Å². The second-order valence-electron chi connectivity index (χ2n) is 4.89. The summed E-state index contributed by atoms with van der Waals surface area (Å²) in [4.78, 5) is 0. The molecule has 0 aliphatic carbocycles. The minimum atomic E-state index is -0.732. The van der Waals surface area contributed by atoms with Crippen LogP contribution in [0.15, 0.2) is 24.3 Å². The number of nitrogens with one attached hydrogen (secondary N) is 1. The van der Waals surface area contributed by atoms with E-state index in [9.17, 15) is 4.21 Å². The molecule has 0 saturated heterocycles.